The van der Waals surface area contributed by atoms with E-state index in [2.05, 4.69) is 0 Å². The van der Waals surface area contributed by atoms with Gasteiger partial charge in [0.15, 0.2) is 17.6 Å². The summed E-state index contributed by atoms with van der Waals surface area (Å²) in [6, 6.07) is 19.9. The summed E-state index contributed by atoms with van der Waals surface area (Å²) in [6.45, 7) is 2.49. The Morgan fingerprint density at radius 1 is 1.00 bits per heavy atom. The van der Waals surface area contributed by atoms with Gasteiger partial charge in [-0.1, -0.05) is 73.0 Å². The number of nitrogens with zero attached hydrogens (tertiary/aromatic N) is 1. The zero-order chi connectivity index (χ0) is 28.8. The number of carbonyl (C=O) groups excluding carboxylic acids is 2. The Bertz CT molecular complexity index is 1340. The van der Waals surface area contributed by atoms with Crippen molar-refractivity contribution in [3.63, 3.8) is 0 Å². The first-order valence-corrected chi connectivity index (χ1v) is 14.6. The summed E-state index contributed by atoms with van der Waals surface area (Å²) in [5, 5.41) is 0.649. The van der Waals surface area contributed by atoms with E-state index in [-0.39, 0.29) is 31.6 Å². The number of hydrogen-bond donors (Lipinski definition) is 0. The van der Waals surface area contributed by atoms with Crippen molar-refractivity contribution in [2.45, 2.75) is 70.4 Å². The fourth-order valence-electron chi connectivity index (χ4n) is 5.63. The molecule has 0 spiro atoms. The minimum atomic E-state index is -0.835. The molecule has 1 amide bonds. The summed E-state index contributed by atoms with van der Waals surface area (Å²) in [5.41, 5.74) is 3.43. The van der Waals surface area contributed by atoms with Crippen molar-refractivity contribution in [2.75, 3.05) is 13.7 Å². The highest BCUT2D eigenvalue weighted by Gasteiger charge is 2.41. The fraction of sp³-hybridized carbons (Fsp3) is 0.394. The van der Waals surface area contributed by atoms with Gasteiger partial charge in [-0.05, 0) is 54.7 Å². The van der Waals surface area contributed by atoms with E-state index in [0.717, 1.165) is 47.9 Å². The van der Waals surface area contributed by atoms with Gasteiger partial charge in [0, 0.05) is 23.6 Å². The summed E-state index contributed by atoms with van der Waals surface area (Å²) in [6.07, 6.45) is 3.46. The molecule has 2 aliphatic rings. The number of ether oxygens (including phenoxy) is 4. The molecule has 0 saturated heterocycles. The van der Waals surface area contributed by atoms with Crippen LogP contribution in [-0.2, 0) is 38.6 Å². The van der Waals surface area contributed by atoms with Gasteiger partial charge >= 0.3 is 5.97 Å². The summed E-state index contributed by atoms with van der Waals surface area (Å²) < 4.78 is 23.9. The number of hydrogen-bond acceptors (Lipinski definition) is 6. The highest BCUT2D eigenvalue weighted by Crippen LogP contribution is 2.40. The smallest absolute Gasteiger partial charge is 0.329 e. The maximum absolute atomic E-state index is 14.3. The van der Waals surface area contributed by atoms with Crippen molar-refractivity contribution in [2.24, 2.45) is 0 Å². The summed E-state index contributed by atoms with van der Waals surface area (Å²) in [5.74, 6) is 0.423. The second kappa shape index (κ2) is 13.4. The zero-order valence-electron chi connectivity index (χ0n) is 23.5. The largest absolute Gasteiger partial charge is 0.493 e. The van der Waals surface area contributed by atoms with E-state index in [0.29, 0.717) is 23.1 Å². The second-order valence-corrected chi connectivity index (χ2v) is 10.9. The van der Waals surface area contributed by atoms with Gasteiger partial charge in [0.2, 0.25) is 0 Å². The van der Waals surface area contributed by atoms with Crippen LogP contribution >= 0.6 is 11.6 Å². The Kier molecular flexibility index (Phi) is 9.47. The Labute approximate surface area is 246 Å². The summed E-state index contributed by atoms with van der Waals surface area (Å²) in [7, 11) is 1.59. The summed E-state index contributed by atoms with van der Waals surface area (Å²) in [4.78, 5) is 29.3. The minimum Gasteiger partial charge on any atom is -0.493 e. The van der Waals surface area contributed by atoms with E-state index < -0.39 is 18.1 Å². The molecular weight excluding hydrogens is 542 g/mol. The van der Waals surface area contributed by atoms with Crippen molar-refractivity contribution < 1.29 is 28.5 Å². The molecule has 1 heterocycles. The molecule has 1 aliphatic carbocycles. The van der Waals surface area contributed by atoms with Gasteiger partial charge in [-0.2, -0.15) is 0 Å². The number of amides is 1. The molecule has 1 saturated carbocycles. The van der Waals surface area contributed by atoms with Crippen LogP contribution in [0.3, 0.4) is 0 Å². The molecule has 0 N–H and O–H groups in total. The maximum atomic E-state index is 14.3. The van der Waals surface area contributed by atoms with Crippen LogP contribution in [0.15, 0.2) is 66.7 Å². The number of halogens is 1. The molecule has 216 valence electrons. The van der Waals surface area contributed by atoms with Crippen molar-refractivity contribution in [3.8, 4) is 11.5 Å². The Morgan fingerprint density at radius 2 is 1.73 bits per heavy atom. The van der Waals surface area contributed by atoms with Crippen LogP contribution in [0.1, 0.15) is 61.0 Å². The monoisotopic (exact) mass is 577 g/mol. The van der Waals surface area contributed by atoms with Gasteiger partial charge in [-0.3, -0.25) is 4.79 Å². The van der Waals surface area contributed by atoms with Crippen LogP contribution in [0, 0.1) is 0 Å². The molecule has 8 heteroatoms. The van der Waals surface area contributed by atoms with Crippen LogP contribution in [0.4, 0.5) is 0 Å². The number of esters is 1. The van der Waals surface area contributed by atoms with Crippen molar-refractivity contribution in [3.05, 3.63) is 94.0 Å². The zero-order valence-corrected chi connectivity index (χ0v) is 24.3. The molecule has 3 aromatic carbocycles. The molecule has 0 bridgehead atoms. The van der Waals surface area contributed by atoms with Gasteiger partial charge in [-0.15, -0.1) is 0 Å². The van der Waals surface area contributed by atoms with Crippen LogP contribution in [0.25, 0.3) is 0 Å². The lowest BCUT2D eigenvalue weighted by Crippen LogP contribution is -2.51. The lowest BCUT2D eigenvalue weighted by molar-refractivity contribution is -0.163. The lowest BCUT2D eigenvalue weighted by atomic mass is 9.91. The minimum absolute atomic E-state index is 0.0133. The first-order chi connectivity index (χ1) is 20.0. The van der Waals surface area contributed by atoms with Crippen molar-refractivity contribution in [1.82, 2.24) is 4.90 Å². The van der Waals surface area contributed by atoms with E-state index in [1.165, 1.54) is 0 Å². The third-order valence-corrected chi connectivity index (χ3v) is 8.00. The average molecular weight is 578 g/mol. The third-order valence-electron chi connectivity index (χ3n) is 7.75. The second-order valence-electron chi connectivity index (χ2n) is 10.4. The molecule has 1 fully saturated rings. The molecular formula is C33H36ClNO6. The molecule has 0 aromatic heterocycles. The van der Waals surface area contributed by atoms with E-state index in [9.17, 15) is 9.59 Å². The summed E-state index contributed by atoms with van der Waals surface area (Å²) >= 11 is 6.04. The van der Waals surface area contributed by atoms with Gasteiger partial charge in [0.1, 0.15) is 12.6 Å². The third kappa shape index (κ3) is 6.68. The van der Waals surface area contributed by atoms with Crippen LogP contribution in [0.2, 0.25) is 5.02 Å². The van der Waals surface area contributed by atoms with E-state index in [4.69, 9.17) is 30.5 Å². The molecule has 1 aliphatic heterocycles. The number of benzene rings is 3. The van der Waals surface area contributed by atoms with Crippen molar-refractivity contribution >= 4 is 23.5 Å². The first kappa shape index (κ1) is 29.0. The number of rotatable bonds is 10. The van der Waals surface area contributed by atoms with E-state index in [1.54, 1.807) is 18.9 Å². The molecule has 2 atom stereocenters. The number of carbonyl (C=O) groups is 2. The Morgan fingerprint density at radius 3 is 2.41 bits per heavy atom. The normalized spacial score (nSPS) is 17.5. The van der Waals surface area contributed by atoms with Crippen molar-refractivity contribution in [1.29, 1.82) is 0 Å². The topological polar surface area (TPSA) is 74.3 Å². The van der Waals surface area contributed by atoms with Crippen LogP contribution < -0.4 is 9.47 Å². The van der Waals surface area contributed by atoms with E-state index in [1.807, 2.05) is 66.7 Å². The van der Waals surface area contributed by atoms with Gasteiger partial charge in [-0.25, -0.2) is 4.79 Å². The molecule has 3 aromatic rings. The first-order valence-electron chi connectivity index (χ1n) is 14.2. The van der Waals surface area contributed by atoms with Gasteiger partial charge < -0.3 is 23.8 Å². The highest BCUT2D eigenvalue weighted by molar-refractivity contribution is 6.30. The van der Waals surface area contributed by atoms with Crippen LogP contribution in [0.5, 0.6) is 11.5 Å². The fourth-order valence-corrected chi connectivity index (χ4v) is 5.75. The van der Waals surface area contributed by atoms with Gasteiger partial charge in [0.25, 0.3) is 5.91 Å². The molecule has 7 nitrogen and oxygen atoms in total. The predicted molar refractivity (Wildman–Crippen MR) is 156 cm³/mol. The Balaban J connectivity index is 1.48. The van der Waals surface area contributed by atoms with Crippen LogP contribution in [-0.4, -0.2) is 42.6 Å². The molecule has 0 radical (unpaired) electrons. The highest BCUT2D eigenvalue weighted by atomic mass is 35.5. The molecule has 41 heavy (non-hydrogen) atoms. The SMILES string of the molecule is CCOC(=O)C1Cc2c(ccc(OC)c2OCc2ccc(Cl)cc2)CN1C(=O)C(OC1CCCC1)c1ccccc1. The Hall–Kier alpha value is -3.55. The predicted octanol–water partition coefficient (Wildman–Crippen LogP) is 6.44. The maximum Gasteiger partial charge on any atom is 0.329 e. The number of methoxy groups -OCH3 is 1. The average Bonchev–Trinajstić information content (AvgIpc) is 3.52. The quantitative estimate of drug-likeness (QED) is 0.258. The number of fused-ring (bicyclic) bond motifs is 1. The molecule has 2 unspecified atom stereocenters. The lowest BCUT2D eigenvalue weighted by Gasteiger charge is -2.38. The standard InChI is InChI=1S/C33H36ClNO6/c1-3-39-33(37)28-19-27-24(15-18-29(38-2)31(27)40-21-22-13-16-25(34)17-14-22)20-35(28)32(36)30(23-9-5-4-6-10-23)41-26-11-7-8-12-26/h4-6,9-10,13-18,26,28,30H,3,7-8,11-12,19-21H2,1-2H3. The molecule has 5 rings (SSSR count). The van der Waals surface area contributed by atoms with E-state index >= 15 is 0 Å². The van der Waals surface area contributed by atoms with Gasteiger partial charge in [0.05, 0.1) is 19.8 Å².